The number of halogens is 2. The number of carbonyl (C=O) groups is 2. The van der Waals surface area contributed by atoms with Crippen LogP contribution in [0.4, 0.5) is 0 Å². The van der Waals surface area contributed by atoms with Gasteiger partial charge >= 0.3 is 5.97 Å². The lowest BCUT2D eigenvalue weighted by Crippen LogP contribution is -2.40. The van der Waals surface area contributed by atoms with Crippen molar-refractivity contribution < 1.29 is 14.7 Å². The maximum absolute atomic E-state index is 13.7. The van der Waals surface area contributed by atoms with Gasteiger partial charge < -0.3 is 10.0 Å². The first-order chi connectivity index (χ1) is 15.3. The summed E-state index contributed by atoms with van der Waals surface area (Å²) in [4.78, 5) is 28.3. The zero-order valence-corrected chi connectivity index (χ0v) is 20.7. The Labute approximate surface area is 202 Å². The van der Waals surface area contributed by atoms with E-state index in [9.17, 15) is 14.7 Å². The minimum absolute atomic E-state index is 0.0413. The normalized spacial score (nSPS) is 14.9. The molecule has 4 nitrogen and oxygen atoms in total. The van der Waals surface area contributed by atoms with Crippen LogP contribution in [0.5, 0.6) is 0 Å². The molecule has 1 aliphatic rings. The quantitative estimate of drug-likeness (QED) is 0.423. The minimum Gasteiger partial charge on any atom is -0.478 e. The smallest absolute Gasteiger partial charge is 0.336 e. The third-order valence-electron chi connectivity index (χ3n) is 5.59. The molecule has 0 spiro atoms. The molecule has 0 bridgehead atoms. The van der Waals surface area contributed by atoms with Crippen molar-refractivity contribution in [3.63, 3.8) is 0 Å². The molecule has 32 heavy (non-hydrogen) atoms. The number of nitrogens with zero attached hydrogens (tertiary/aromatic N) is 1. The molecule has 0 radical (unpaired) electrons. The van der Waals surface area contributed by atoms with Gasteiger partial charge in [0.05, 0.1) is 17.2 Å². The number of aromatic carboxylic acids is 1. The summed E-state index contributed by atoms with van der Waals surface area (Å²) in [6.45, 7) is 8.14. The molecule has 0 saturated heterocycles. The number of hydrogen-bond acceptors (Lipinski definition) is 3. The molecule has 1 aliphatic heterocycles. The van der Waals surface area contributed by atoms with Crippen molar-refractivity contribution in [3.05, 3.63) is 90.1 Å². The zero-order chi connectivity index (χ0) is 23.6. The molecule has 1 unspecified atom stereocenters. The fourth-order valence-corrected chi connectivity index (χ4v) is 5.37. The van der Waals surface area contributed by atoms with Gasteiger partial charge in [-0.2, -0.15) is 0 Å². The maximum Gasteiger partial charge on any atom is 0.336 e. The first-order valence-corrected chi connectivity index (χ1v) is 12.1. The van der Waals surface area contributed by atoms with E-state index in [4.69, 9.17) is 23.2 Å². The molecular weight excluding hydrogens is 465 g/mol. The van der Waals surface area contributed by atoms with E-state index in [0.29, 0.717) is 28.6 Å². The first-order valence-electron chi connectivity index (χ1n) is 10.4. The molecule has 3 aromatic rings. The summed E-state index contributed by atoms with van der Waals surface area (Å²) in [7, 11) is 0. The van der Waals surface area contributed by atoms with Crippen molar-refractivity contribution >= 4 is 46.4 Å². The highest BCUT2D eigenvalue weighted by Crippen LogP contribution is 2.41. The number of rotatable bonds is 3. The van der Waals surface area contributed by atoms with E-state index in [1.54, 1.807) is 23.2 Å². The molecule has 0 fully saturated rings. The summed E-state index contributed by atoms with van der Waals surface area (Å²) in [6.07, 6.45) is 0.711. The van der Waals surface area contributed by atoms with Crippen molar-refractivity contribution in [2.45, 2.75) is 40.2 Å². The molecule has 168 valence electrons. The van der Waals surface area contributed by atoms with Gasteiger partial charge in [0.2, 0.25) is 0 Å². The van der Waals surface area contributed by atoms with Crippen molar-refractivity contribution in [1.29, 1.82) is 0 Å². The number of carboxylic acid groups (broad SMARTS) is 1. The van der Waals surface area contributed by atoms with Crippen molar-refractivity contribution in [3.8, 4) is 0 Å². The highest BCUT2D eigenvalue weighted by atomic mass is 35.5. The second-order valence-electron chi connectivity index (χ2n) is 7.37. The van der Waals surface area contributed by atoms with Crippen molar-refractivity contribution in [2.24, 2.45) is 0 Å². The first kappa shape index (κ1) is 24.3. The van der Waals surface area contributed by atoms with Crippen LogP contribution in [-0.4, -0.2) is 28.4 Å². The van der Waals surface area contributed by atoms with Gasteiger partial charge in [0.25, 0.3) is 5.91 Å². The van der Waals surface area contributed by atoms with E-state index in [1.807, 2.05) is 44.4 Å². The number of hydrogen-bond donors (Lipinski definition) is 1. The lowest BCUT2D eigenvalue weighted by Gasteiger charge is -2.37. The fraction of sp³-hybridized carbons (Fsp3) is 0.280. The third kappa shape index (κ3) is 4.42. The monoisotopic (exact) mass is 489 g/mol. The maximum atomic E-state index is 13.7. The molecule has 2 aromatic carbocycles. The van der Waals surface area contributed by atoms with Gasteiger partial charge in [-0.3, -0.25) is 4.79 Å². The summed E-state index contributed by atoms with van der Waals surface area (Å²) in [5.41, 5.74) is 3.72. The Bertz CT molecular complexity index is 1170. The van der Waals surface area contributed by atoms with E-state index in [1.165, 1.54) is 17.7 Å². The number of carboxylic acids is 1. The highest BCUT2D eigenvalue weighted by Gasteiger charge is 2.36. The Morgan fingerprint density at radius 3 is 2.47 bits per heavy atom. The second-order valence-corrected chi connectivity index (χ2v) is 9.13. The lowest BCUT2D eigenvalue weighted by molar-refractivity contribution is 0.0654. The molecule has 1 N–H and O–H groups in total. The standard InChI is InChI=1S/C23H19Cl2NO3S.C2H6/c1-12-10-17(23(28)29)16(11-19(12)25)22(27)26-8-6-14-7-9-30-21(14)20(26)15-4-3-5-18(24)13(15)2;1-2/h3-5,7,9-11,20H,6,8H2,1-2H3,(H,28,29);1-2H3. The summed E-state index contributed by atoms with van der Waals surface area (Å²) in [6, 6.07) is 10.4. The van der Waals surface area contributed by atoms with Crippen molar-refractivity contribution in [1.82, 2.24) is 4.90 Å². The predicted molar refractivity (Wildman–Crippen MR) is 132 cm³/mol. The molecule has 0 saturated carbocycles. The van der Waals surface area contributed by atoms with Gasteiger partial charge in [-0.1, -0.05) is 49.2 Å². The topological polar surface area (TPSA) is 57.6 Å². The minimum atomic E-state index is -1.15. The third-order valence-corrected chi connectivity index (χ3v) is 7.42. The average molecular weight is 490 g/mol. The van der Waals surface area contributed by atoms with E-state index in [2.05, 4.69) is 6.07 Å². The fourth-order valence-electron chi connectivity index (χ4n) is 3.94. The number of aryl methyl sites for hydroxylation is 1. The molecule has 2 heterocycles. The summed E-state index contributed by atoms with van der Waals surface area (Å²) >= 11 is 14.2. The highest BCUT2D eigenvalue weighted by molar-refractivity contribution is 7.10. The van der Waals surface area contributed by atoms with Crippen LogP contribution >= 0.6 is 34.5 Å². The SMILES string of the molecule is CC.Cc1cc(C(=O)O)c(C(=O)N2CCc3ccsc3C2c2cccc(Cl)c2C)cc1Cl. The van der Waals surface area contributed by atoms with Crippen molar-refractivity contribution in [2.75, 3.05) is 6.54 Å². The van der Waals surface area contributed by atoms with E-state index in [-0.39, 0.29) is 23.1 Å². The number of fused-ring (bicyclic) bond motifs is 1. The predicted octanol–water partition coefficient (Wildman–Crippen LogP) is 7.18. The molecule has 4 rings (SSSR count). The van der Waals surface area contributed by atoms with Crippen LogP contribution in [0.1, 0.15) is 67.7 Å². The van der Waals surface area contributed by atoms with Gasteiger partial charge in [-0.05, 0) is 72.2 Å². The van der Waals surface area contributed by atoms with E-state index in [0.717, 1.165) is 16.0 Å². The summed E-state index contributed by atoms with van der Waals surface area (Å²) < 4.78 is 0. The molecule has 0 aliphatic carbocycles. The Morgan fingerprint density at radius 2 is 1.78 bits per heavy atom. The molecule has 1 aromatic heterocycles. The zero-order valence-electron chi connectivity index (χ0n) is 18.4. The Morgan fingerprint density at radius 1 is 1.06 bits per heavy atom. The van der Waals surface area contributed by atoms with Crippen LogP contribution in [-0.2, 0) is 6.42 Å². The molecule has 7 heteroatoms. The van der Waals surface area contributed by atoms with Crippen LogP contribution < -0.4 is 0 Å². The van der Waals surface area contributed by atoms with Crippen LogP contribution in [0.25, 0.3) is 0 Å². The van der Waals surface area contributed by atoms with Gasteiger partial charge in [-0.15, -0.1) is 11.3 Å². The Kier molecular flexibility index (Phi) is 7.65. The Balaban J connectivity index is 0.00000141. The van der Waals surface area contributed by atoms with E-state index >= 15 is 0 Å². The van der Waals surface area contributed by atoms with Crippen LogP contribution in [0.2, 0.25) is 10.0 Å². The second kappa shape index (κ2) is 10.1. The van der Waals surface area contributed by atoms with Gasteiger partial charge in [0, 0.05) is 21.5 Å². The number of benzene rings is 2. The number of thiophene rings is 1. The summed E-state index contributed by atoms with van der Waals surface area (Å²) in [5.74, 6) is -1.50. The number of amides is 1. The van der Waals surface area contributed by atoms with Gasteiger partial charge in [0.15, 0.2) is 0 Å². The van der Waals surface area contributed by atoms with Gasteiger partial charge in [0.1, 0.15) is 0 Å². The largest absolute Gasteiger partial charge is 0.478 e. The average Bonchev–Trinajstić information content (AvgIpc) is 3.26. The molecule has 1 amide bonds. The van der Waals surface area contributed by atoms with E-state index < -0.39 is 5.97 Å². The molecule has 1 atom stereocenters. The van der Waals surface area contributed by atoms with Gasteiger partial charge in [-0.25, -0.2) is 4.79 Å². The lowest BCUT2D eigenvalue weighted by atomic mass is 9.91. The Hall–Kier alpha value is -2.34. The number of carbonyl (C=O) groups excluding carboxylic acids is 1. The van der Waals surface area contributed by atoms with Crippen LogP contribution in [0, 0.1) is 13.8 Å². The van der Waals surface area contributed by atoms with Crippen LogP contribution in [0.3, 0.4) is 0 Å². The summed E-state index contributed by atoms with van der Waals surface area (Å²) in [5, 5.41) is 12.7. The van der Waals surface area contributed by atoms with Crippen LogP contribution in [0.15, 0.2) is 41.8 Å². The molecular formula is C25H25Cl2NO3S.